The summed E-state index contributed by atoms with van der Waals surface area (Å²) in [5.41, 5.74) is 6.56. The molecule has 0 aliphatic carbocycles. The lowest BCUT2D eigenvalue weighted by molar-refractivity contribution is 0.396. The SMILES string of the molecule is COc1cc(Sc2ncc(C)cn2)nc(N)n1. The van der Waals surface area contributed by atoms with E-state index < -0.39 is 0 Å². The van der Waals surface area contributed by atoms with Crippen LogP contribution in [0.3, 0.4) is 0 Å². The fourth-order valence-electron chi connectivity index (χ4n) is 1.10. The second-order valence-corrected chi connectivity index (χ2v) is 4.24. The van der Waals surface area contributed by atoms with Crippen molar-refractivity contribution in [2.45, 2.75) is 17.1 Å². The molecule has 88 valence electrons. The zero-order valence-corrected chi connectivity index (χ0v) is 10.2. The molecule has 2 heterocycles. The van der Waals surface area contributed by atoms with E-state index >= 15 is 0 Å². The van der Waals surface area contributed by atoms with Gasteiger partial charge in [-0.2, -0.15) is 4.98 Å². The van der Waals surface area contributed by atoms with Crippen LogP contribution in [0.5, 0.6) is 5.88 Å². The van der Waals surface area contributed by atoms with E-state index in [-0.39, 0.29) is 5.95 Å². The molecule has 0 unspecified atom stereocenters. The molecule has 0 saturated carbocycles. The Balaban J connectivity index is 2.23. The molecule has 6 nitrogen and oxygen atoms in total. The van der Waals surface area contributed by atoms with Crippen LogP contribution in [0.1, 0.15) is 5.56 Å². The lowest BCUT2D eigenvalue weighted by atomic mass is 10.4. The van der Waals surface area contributed by atoms with E-state index in [9.17, 15) is 0 Å². The number of nitrogens with zero attached hydrogens (tertiary/aromatic N) is 4. The number of methoxy groups -OCH3 is 1. The number of nitrogen functional groups attached to an aromatic ring is 1. The van der Waals surface area contributed by atoms with Crippen molar-refractivity contribution >= 4 is 17.7 Å². The average Bonchev–Trinajstić information content (AvgIpc) is 2.31. The number of aromatic nitrogens is 4. The van der Waals surface area contributed by atoms with Crippen molar-refractivity contribution < 1.29 is 4.74 Å². The zero-order chi connectivity index (χ0) is 12.3. The van der Waals surface area contributed by atoms with Crippen LogP contribution < -0.4 is 10.5 Å². The first kappa shape index (κ1) is 11.6. The molecule has 2 aromatic rings. The number of hydrogen-bond donors (Lipinski definition) is 1. The molecule has 0 aliphatic rings. The van der Waals surface area contributed by atoms with Crippen molar-refractivity contribution in [2.75, 3.05) is 12.8 Å². The van der Waals surface area contributed by atoms with Gasteiger partial charge in [0.15, 0.2) is 5.16 Å². The highest BCUT2D eigenvalue weighted by Crippen LogP contribution is 2.25. The van der Waals surface area contributed by atoms with Crippen molar-refractivity contribution in [2.24, 2.45) is 0 Å². The van der Waals surface area contributed by atoms with Gasteiger partial charge in [0.1, 0.15) is 5.03 Å². The Kier molecular flexibility index (Phi) is 3.38. The fourth-order valence-corrected chi connectivity index (χ4v) is 1.80. The van der Waals surface area contributed by atoms with Crippen molar-refractivity contribution in [3.63, 3.8) is 0 Å². The van der Waals surface area contributed by atoms with Gasteiger partial charge in [0.05, 0.1) is 7.11 Å². The maximum absolute atomic E-state index is 5.56. The number of aryl methyl sites for hydroxylation is 1. The van der Waals surface area contributed by atoms with Gasteiger partial charge in [-0.1, -0.05) is 0 Å². The third kappa shape index (κ3) is 3.04. The Morgan fingerprint density at radius 3 is 2.59 bits per heavy atom. The van der Waals surface area contributed by atoms with E-state index in [2.05, 4.69) is 19.9 Å². The van der Waals surface area contributed by atoms with Crippen LogP contribution >= 0.6 is 11.8 Å². The molecule has 0 saturated heterocycles. The van der Waals surface area contributed by atoms with Crippen molar-refractivity contribution in [1.29, 1.82) is 0 Å². The first-order chi connectivity index (χ1) is 8.17. The van der Waals surface area contributed by atoms with Gasteiger partial charge in [0, 0.05) is 18.5 Å². The second kappa shape index (κ2) is 4.96. The predicted molar refractivity (Wildman–Crippen MR) is 63.9 cm³/mol. The Labute approximate surface area is 103 Å². The molecule has 0 aromatic carbocycles. The van der Waals surface area contributed by atoms with Gasteiger partial charge in [-0.05, 0) is 24.2 Å². The first-order valence-electron chi connectivity index (χ1n) is 4.82. The predicted octanol–water partition coefficient (Wildman–Crippen LogP) is 1.32. The highest BCUT2D eigenvalue weighted by atomic mass is 32.2. The summed E-state index contributed by atoms with van der Waals surface area (Å²) in [5.74, 6) is 0.589. The molecule has 0 aliphatic heterocycles. The number of hydrogen-bond acceptors (Lipinski definition) is 7. The second-order valence-electron chi connectivity index (χ2n) is 3.25. The van der Waals surface area contributed by atoms with Crippen molar-refractivity contribution in [3.05, 3.63) is 24.0 Å². The number of anilines is 1. The van der Waals surface area contributed by atoms with E-state index in [0.717, 1.165) is 5.56 Å². The summed E-state index contributed by atoms with van der Waals surface area (Å²) in [4.78, 5) is 16.3. The maximum Gasteiger partial charge on any atom is 0.224 e. The standard InChI is InChI=1S/C10H11N5OS/c1-6-4-12-10(13-5-6)17-8-3-7(16-2)14-9(11)15-8/h3-5H,1-2H3,(H2,11,14,15). The minimum atomic E-state index is 0.166. The molecule has 7 heteroatoms. The van der Waals surface area contributed by atoms with E-state index in [0.29, 0.717) is 16.1 Å². The van der Waals surface area contributed by atoms with E-state index in [1.54, 1.807) is 18.5 Å². The van der Waals surface area contributed by atoms with E-state index in [4.69, 9.17) is 10.5 Å². The van der Waals surface area contributed by atoms with Gasteiger partial charge in [0.2, 0.25) is 11.8 Å². The number of rotatable bonds is 3. The van der Waals surface area contributed by atoms with Crippen molar-refractivity contribution in [1.82, 2.24) is 19.9 Å². The Morgan fingerprint density at radius 2 is 1.94 bits per heavy atom. The molecule has 17 heavy (non-hydrogen) atoms. The molecule has 0 atom stereocenters. The summed E-state index contributed by atoms with van der Waals surface area (Å²) >= 11 is 1.31. The minimum Gasteiger partial charge on any atom is -0.481 e. The Hall–Kier alpha value is -1.89. The largest absolute Gasteiger partial charge is 0.481 e. The van der Waals surface area contributed by atoms with Crippen LogP contribution in [0.25, 0.3) is 0 Å². The van der Waals surface area contributed by atoms with Crippen LogP contribution in [0, 0.1) is 6.92 Å². The quantitative estimate of drug-likeness (QED) is 0.648. The molecule has 2 rings (SSSR count). The molecule has 0 radical (unpaired) electrons. The normalized spacial score (nSPS) is 10.2. The van der Waals surface area contributed by atoms with Crippen LogP contribution in [-0.4, -0.2) is 27.0 Å². The van der Waals surface area contributed by atoms with Crippen LogP contribution in [0.2, 0.25) is 0 Å². The number of ether oxygens (including phenoxy) is 1. The van der Waals surface area contributed by atoms with Crippen LogP contribution in [0.4, 0.5) is 5.95 Å². The van der Waals surface area contributed by atoms with Crippen molar-refractivity contribution in [3.8, 4) is 5.88 Å². The Bertz CT molecular complexity index is 517. The topological polar surface area (TPSA) is 86.8 Å². The van der Waals surface area contributed by atoms with Gasteiger partial charge < -0.3 is 10.5 Å². The summed E-state index contributed by atoms with van der Waals surface area (Å²) in [6.07, 6.45) is 3.49. The molecule has 0 bridgehead atoms. The van der Waals surface area contributed by atoms with E-state index in [1.165, 1.54) is 18.9 Å². The summed E-state index contributed by atoms with van der Waals surface area (Å²) in [6.45, 7) is 1.93. The molecular weight excluding hydrogens is 238 g/mol. The summed E-state index contributed by atoms with van der Waals surface area (Å²) in [5, 5.41) is 1.26. The third-order valence-electron chi connectivity index (χ3n) is 1.86. The monoisotopic (exact) mass is 249 g/mol. The lowest BCUT2D eigenvalue weighted by Gasteiger charge is -2.03. The third-order valence-corrected chi connectivity index (χ3v) is 2.67. The zero-order valence-electron chi connectivity index (χ0n) is 9.41. The minimum absolute atomic E-state index is 0.166. The summed E-state index contributed by atoms with van der Waals surface area (Å²) in [7, 11) is 1.53. The smallest absolute Gasteiger partial charge is 0.224 e. The molecule has 0 amide bonds. The van der Waals surface area contributed by atoms with Gasteiger partial charge in [-0.25, -0.2) is 15.0 Å². The van der Waals surface area contributed by atoms with Crippen LogP contribution in [0.15, 0.2) is 28.6 Å². The van der Waals surface area contributed by atoms with E-state index in [1.807, 2.05) is 6.92 Å². The van der Waals surface area contributed by atoms with Gasteiger partial charge in [0.25, 0.3) is 0 Å². The average molecular weight is 249 g/mol. The van der Waals surface area contributed by atoms with Gasteiger partial charge in [-0.3, -0.25) is 0 Å². The highest BCUT2D eigenvalue weighted by Gasteiger charge is 2.06. The summed E-state index contributed by atoms with van der Waals surface area (Å²) in [6, 6.07) is 1.68. The highest BCUT2D eigenvalue weighted by molar-refractivity contribution is 7.99. The molecular formula is C10H11N5OS. The Morgan fingerprint density at radius 1 is 1.24 bits per heavy atom. The number of nitrogens with two attached hydrogens (primary N) is 1. The summed E-state index contributed by atoms with van der Waals surface area (Å²) < 4.78 is 5.01. The first-order valence-corrected chi connectivity index (χ1v) is 5.64. The fraction of sp³-hybridized carbons (Fsp3) is 0.200. The van der Waals surface area contributed by atoms with Crippen LogP contribution in [-0.2, 0) is 0 Å². The lowest BCUT2D eigenvalue weighted by Crippen LogP contribution is -1.99. The maximum atomic E-state index is 5.56. The van der Waals surface area contributed by atoms with Gasteiger partial charge in [-0.15, -0.1) is 0 Å². The molecule has 2 aromatic heterocycles. The molecule has 0 spiro atoms. The molecule has 0 fully saturated rings. The molecule has 2 N–H and O–H groups in total. The van der Waals surface area contributed by atoms with Gasteiger partial charge >= 0.3 is 0 Å².